The van der Waals surface area contributed by atoms with Crippen molar-refractivity contribution >= 4 is 27.5 Å². The summed E-state index contributed by atoms with van der Waals surface area (Å²) >= 11 is 3.42. The molecule has 0 bridgehead atoms. The van der Waals surface area contributed by atoms with Gasteiger partial charge in [-0.05, 0) is 50.1 Å². The second-order valence-corrected chi connectivity index (χ2v) is 6.35. The fourth-order valence-corrected chi connectivity index (χ4v) is 2.91. The number of hydrogen-bond acceptors (Lipinski definition) is 3. The van der Waals surface area contributed by atoms with Gasteiger partial charge in [-0.1, -0.05) is 15.9 Å². The van der Waals surface area contributed by atoms with E-state index in [1.807, 2.05) is 32.2 Å². The fraction of sp³-hybridized carbons (Fsp3) is 0.533. The summed E-state index contributed by atoms with van der Waals surface area (Å²) in [4.78, 5) is 14.1. The minimum atomic E-state index is 0.0248. The summed E-state index contributed by atoms with van der Waals surface area (Å²) in [5.41, 5.74) is 1.93. The van der Waals surface area contributed by atoms with Crippen LogP contribution in [0.25, 0.3) is 0 Å². The molecule has 1 aliphatic rings. The smallest absolute Gasteiger partial charge is 0.238 e. The van der Waals surface area contributed by atoms with E-state index in [-0.39, 0.29) is 5.91 Å². The molecular formula is C15H21BrN2O2. The molecule has 4 nitrogen and oxygen atoms in total. The zero-order chi connectivity index (χ0) is 14.5. The largest absolute Gasteiger partial charge is 0.381 e. The molecule has 1 atom stereocenters. The Kier molecular flexibility index (Phi) is 5.57. The first-order valence-electron chi connectivity index (χ1n) is 6.87. The van der Waals surface area contributed by atoms with Crippen LogP contribution in [0.4, 0.5) is 5.69 Å². The number of carbonyl (C=O) groups is 1. The number of nitrogens with zero attached hydrogens (tertiary/aromatic N) is 1. The van der Waals surface area contributed by atoms with E-state index in [1.165, 1.54) is 0 Å². The van der Waals surface area contributed by atoms with Crippen molar-refractivity contribution < 1.29 is 9.53 Å². The van der Waals surface area contributed by atoms with E-state index in [0.29, 0.717) is 12.5 Å². The summed E-state index contributed by atoms with van der Waals surface area (Å²) in [7, 11) is 1.98. The average Bonchev–Trinajstić information content (AvgIpc) is 2.85. The number of carbonyl (C=O) groups excluding carboxylic acids is 1. The van der Waals surface area contributed by atoms with Crippen molar-refractivity contribution in [1.82, 2.24) is 4.90 Å². The predicted octanol–water partition coefficient (Wildman–Crippen LogP) is 2.66. The van der Waals surface area contributed by atoms with Crippen LogP contribution in [-0.4, -0.2) is 44.2 Å². The quantitative estimate of drug-likeness (QED) is 0.895. The highest BCUT2D eigenvalue weighted by molar-refractivity contribution is 9.10. The number of rotatable bonds is 5. The normalized spacial score (nSPS) is 18.5. The minimum Gasteiger partial charge on any atom is -0.381 e. The average molecular weight is 341 g/mol. The van der Waals surface area contributed by atoms with Crippen LogP contribution >= 0.6 is 15.9 Å². The van der Waals surface area contributed by atoms with Gasteiger partial charge in [0.1, 0.15) is 0 Å². The number of likely N-dealkylation sites (N-methyl/N-ethyl adjacent to an activating group) is 1. The molecule has 1 aromatic carbocycles. The van der Waals surface area contributed by atoms with Crippen molar-refractivity contribution in [2.24, 2.45) is 5.92 Å². The molecule has 1 heterocycles. The topological polar surface area (TPSA) is 41.6 Å². The molecule has 1 aliphatic heterocycles. The Morgan fingerprint density at radius 3 is 3.00 bits per heavy atom. The molecule has 5 heteroatoms. The van der Waals surface area contributed by atoms with Crippen molar-refractivity contribution in [3.63, 3.8) is 0 Å². The monoisotopic (exact) mass is 340 g/mol. The third kappa shape index (κ3) is 4.58. The number of halogens is 1. The van der Waals surface area contributed by atoms with Gasteiger partial charge in [0.15, 0.2) is 0 Å². The van der Waals surface area contributed by atoms with Gasteiger partial charge in [-0.2, -0.15) is 0 Å². The van der Waals surface area contributed by atoms with E-state index in [9.17, 15) is 4.79 Å². The number of anilines is 1. The summed E-state index contributed by atoms with van der Waals surface area (Å²) in [5.74, 6) is 0.582. The number of benzene rings is 1. The Hall–Kier alpha value is -0.910. The second kappa shape index (κ2) is 7.20. The lowest BCUT2D eigenvalue weighted by atomic mass is 10.1. The lowest BCUT2D eigenvalue weighted by molar-refractivity contribution is -0.117. The van der Waals surface area contributed by atoms with Gasteiger partial charge in [-0.3, -0.25) is 9.69 Å². The Balaban J connectivity index is 1.82. The van der Waals surface area contributed by atoms with Crippen LogP contribution in [0.1, 0.15) is 12.0 Å². The molecular weight excluding hydrogens is 320 g/mol. The zero-order valence-corrected chi connectivity index (χ0v) is 13.6. The van der Waals surface area contributed by atoms with E-state index in [1.54, 1.807) is 0 Å². The van der Waals surface area contributed by atoms with Gasteiger partial charge in [0.25, 0.3) is 0 Å². The molecule has 1 aromatic rings. The molecule has 110 valence electrons. The molecule has 0 radical (unpaired) electrons. The number of aryl methyl sites for hydroxylation is 1. The lowest BCUT2D eigenvalue weighted by Gasteiger charge is -2.19. The lowest BCUT2D eigenvalue weighted by Crippen LogP contribution is -2.34. The van der Waals surface area contributed by atoms with Crippen molar-refractivity contribution in [3.8, 4) is 0 Å². The molecule has 0 spiro atoms. The number of nitrogens with one attached hydrogen (secondary N) is 1. The molecule has 0 unspecified atom stereocenters. The molecule has 1 fully saturated rings. The Labute approximate surface area is 128 Å². The van der Waals surface area contributed by atoms with Crippen LogP contribution < -0.4 is 5.32 Å². The van der Waals surface area contributed by atoms with Crippen LogP contribution in [0.3, 0.4) is 0 Å². The predicted molar refractivity (Wildman–Crippen MR) is 83.9 cm³/mol. The molecule has 1 saturated heterocycles. The molecule has 2 rings (SSSR count). The zero-order valence-electron chi connectivity index (χ0n) is 12.0. The molecule has 0 aliphatic carbocycles. The van der Waals surface area contributed by atoms with Gasteiger partial charge in [0, 0.05) is 23.3 Å². The second-order valence-electron chi connectivity index (χ2n) is 5.43. The summed E-state index contributed by atoms with van der Waals surface area (Å²) in [5, 5.41) is 2.96. The highest BCUT2D eigenvalue weighted by Gasteiger charge is 2.18. The Bertz CT molecular complexity index is 473. The van der Waals surface area contributed by atoms with Crippen molar-refractivity contribution in [2.45, 2.75) is 13.3 Å². The first-order chi connectivity index (χ1) is 9.54. The summed E-state index contributed by atoms with van der Waals surface area (Å²) in [6.45, 7) is 4.97. The number of hydrogen-bond donors (Lipinski definition) is 1. The maximum atomic E-state index is 12.0. The van der Waals surface area contributed by atoms with Crippen LogP contribution in [0, 0.1) is 12.8 Å². The van der Waals surface area contributed by atoms with Gasteiger partial charge in [-0.15, -0.1) is 0 Å². The maximum absolute atomic E-state index is 12.0. The van der Waals surface area contributed by atoms with E-state index in [4.69, 9.17) is 4.74 Å². The summed E-state index contributed by atoms with van der Waals surface area (Å²) in [6.07, 6.45) is 1.10. The van der Waals surface area contributed by atoms with E-state index < -0.39 is 0 Å². The molecule has 0 aromatic heterocycles. The maximum Gasteiger partial charge on any atom is 0.238 e. The first kappa shape index (κ1) is 15.5. The SMILES string of the molecule is Cc1cc(Br)ccc1NC(=O)CN(C)C[C@H]1CCOC1. The van der Waals surface area contributed by atoms with Gasteiger partial charge in [0.05, 0.1) is 13.2 Å². The van der Waals surface area contributed by atoms with Crippen LogP contribution in [0.5, 0.6) is 0 Å². The molecule has 20 heavy (non-hydrogen) atoms. The van der Waals surface area contributed by atoms with Gasteiger partial charge < -0.3 is 10.1 Å². The summed E-state index contributed by atoms with van der Waals surface area (Å²) < 4.78 is 6.37. The molecule has 1 N–H and O–H groups in total. The van der Waals surface area contributed by atoms with Gasteiger partial charge in [0.2, 0.25) is 5.91 Å². The third-order valence-electron chi connectivity index (χ3n) is 3.47. The highest BCUT2D eigenvalue weighted by atomic mass is 79.9. The molecule has 1 amide bonds. The van der Waals surface area contributed by atoms with Crippen LogP contribution in [-0.2, 0) is 9.53 Å². The van der Waals surface area contributed by atoms with Crippen molar-refractivity contribution in [2.75, 3.05) is 38.7 Å². The number of ether oxygens (including phenoxy) is 1. The van der Waals surface area contributed by atoms with Crippen LogP contribution in [0.2, 0.25) is 0 Å². The third-order valence-corrected chi connectivity index (χ3v) is 3.96. The number of amides is 1. The first-order valence-corrected chi connectivity index (χ1v) is 7.66. The molecule has 0 saturated carbocycles. The Morgan fingerprint density at radius 1 is 1.55 bits per heavy atom. The van der Waals surface area contributed by atoms with Crippen molar-refractivity contribution in [3.05, 3.63) is 28.2 Å². The minimum absolute atomic E-state index is 0.0248. The van der Waals surface area contributed by atoms with Gasteiger partial charge in [-0.25, -0.2) is 0 Å². The Morgan fingerprint density at radius 2 is 2.35 bits per heavy atom. The van der Waals surface area contributed by atoms with Crippen LogP contribution in [0.15, 0.2) is 22.7 Å². The fourth-order valence-electron chi connectivity index (χ4n) is 2.43. The summed E-state index contributed by atoms with van der Waals surface area (Å²) in [6, 6.07) is 5.85. The highest BCUT2D eigenvalue weighted by Crippen LogP contribution is 2.20. The standard InChI is InChI=1S/C15H21BrN2O2/c1-11-7-13(16)3-4-14(11)17-15(19)9-18(2)8-12-5-6-20-10-12/h3-4,7,12H,5-6,8-10H2,1-2H3,(H,17,19)/t12-/m1/s1. The van der Waals surface area contributed by atoms with E-state index in [0.717, 1.165) is 41.9 Å². The van der Waals surface area contributed by atoms with Gasteiger partial charge >= 0.3 is 0 Å². The van der Waals surface area contributed by atoms with E-state index in [2.05, 4.69) is 26.1 Å². The van der Waals surface area contributed by atoms with Crippen molar-refractivity contribution in [1.29, 1.82) is 0 Å². The van der Waals surface area contributed by atoms with E-state index >= 15 is 0 Å².